The van der Waals surface area contributed by atoms with Crippen molar-refractivity contribution in [2.45, 2.75) is 33.1 Å². The fourth-order valence-corrected chi connectivity index (χ4v) is 2.43. The third-order valence-corrected chi connectivity index (χ3v) is 3.38. The van der Waals surface area contributed by atoms with E-state index in [4.69, 9.17) is 0 Å². The average molecular weight is 217 g/mol. The van der Waals surface area contributed by atoms with Gasteiger partial charge in [-0.3, -0.25) is 4.79 Å². The molecule has 1 aromatic carbocycles. The predicted octanol–water partition coefficient (Wildman–Crippen LogP) is 3.27. The highest BCUT2D eigenvalue weighted by Crippen LogP contribution is 2.29. The van der Waals surface area contributed by atoms with Gasteiger partial charge in [-0.15, -0.1) is 0 Å². The summed E-state index contributed by atoms with van der Waals surface area (Å²) < 4.78 is 0. The van der Waals surface area contributed by atoms with E-state index in [9.17, 15) is 4.79 Å². The highest BCUT2D eigenvalue weighted by atomic mass is 16.1. The third-order valence-electron chi connectivity index (χ3n) is 3.38. The summed E-state index contributed by atoms with van der Waals surface area (Å²) in [6, 6.07) is 6.12. The van der Waals surface area contributed by atoms with Gasteiger partial charge in [0.25, 0.3) is 0 Å². The van der Waals surface area contributed by atoms with Gasteiger partial charge in [0.2, 0.25) is 0 Å². The number of benzene rings is 1. The first-order valence-corrected chi connectivity index (χ1v) is 6.17. The molecule has 86 valence electrons. The number of hydrogen-bond acceptors (Lipinski definition) is 2. The smallest absolute Gasteiger partial charge is 0.166 e. The maximum atomic E-state index is 12.1. The summed E-state index contributed by atoms with van der Waals surface area (Å²) in [5.41, 5.74) is 3.29. The fourth-order valence-electron chi connectivity index (χ4n) is 2.43. The van der Waals surface area contributed by atoms with Gasteiger partial charge in [-0.2, -0.15) is 0 Å². The van der Waals surface area contributed by atoms with Gasteiger partial charge in [-0.1, -0.05) is 6.92 Å². The van der Waals surface area contributed by atoms with Crippen molar-refractivity contribution in [3.05, 3.63) is 29.3 Å². The van der Waals surface area contributed by atoms with Crippen LogP contribution in [-0.2, 0) is 6.42 Å². The van der Waals surface area contributed by atoms with Crippen molar-refractivity contribution in [2.75, 3.05) is 11.9 Å². The summed E-state index contributed by atoms with van der Waals surface area (Å²) in [5, 5.41) is 3.29. The van der Waals surface area contributed by atoms with Crippen LogP contribution >= 0.6 is 0 Å². The zero-order valence-corrected chi connectivity index (χ0v) is 10.0. The minimum absolute atomic E-state index is 0.248. The van der Waals surface area contributed by atoms with Gasteiger partial charge in [-0.25, -0.2) is 0 Å². The second-order valence-electron chi connectivity index (χ2n) is 4.41. The molecule has 0 heterocycles. The Hall–Kier alpha value is -1.31. The maximum absolute atomic E-state index is 12.1. The van der Waals surface area contributed by atoms with Crippen LogP contribution in [0.25, 0.3) is 0 Å². The second kappa shape index (κ2) is 4.69. The Morgan fingerprint density at radius 1 is 1.38 bits per heavy atom. The molecule has 1 aliphatic carbocycles. The van der Waals surface area contributed by atoms with Crippen LogP contribution < -0.4 is 5.32 Å². The van der Waals surface area contributed by atoms with Gasteiger partial charge < -0.3 is 5.32 Å². The lowest BCUT2D eigenvalue weighted by molar-refractivity contribution is 0.0899. The van der Waals surface area contributed by atoms with Gasteiger partial charge in [0.05, 0.1) is 0 Å². The van der Waals surface area contributed by atoms with Gasteiger partial charge >= 0.3 is 0 Å². The van der Waals surface area contributed by atoms with Crippen LogP contribution in [0.4, 0.5) is 5.69 Å². The van der Waals surface area contributed by atoms with Crippen LogP contribution in [0.15, 0.2) is 18.2 Å². The molecule has 0 amide bonds. The number of carbonyl (C=O) groups excluding carboxylic acids is 1. The molecule has 2 rings (SSSR count). The zero-order chi connectivity index (χ0) is 11.5. The van der Waals surface area contributed by atoms with E-state index in [1.807, 2.05) is 12.1 Å². The van der Waals surface area contributed by atoms with E-state index in [0.717, 1.165) is 37.1 Å². The molecule has 0 aliphatic heterocycles. The maximum Gasteiger partial charge on any atom is 0.166 e. The molecule has 1 aromatic rings. The van der Waals surface area contributed by atoms with E-state index >= 15 is 0 Å². The van der Waals surface area contributed by atoms with Crippen LogP contribution in [0, 0.1) is 5.92 Å². The molecule has 0 spiro atoms. The first-order chi connectivity index (χ1) is 7.76. The fraction of sp³-hybridized carbons (Fsp3) is 0.500. The van der Waals surface area contributed by atoms with Crippen molar-refractivity contribution >= 4 is 11.5 Å². The van der Waals surface area contributed by atoms with E-state index < -0.39 is 0 Å². The number of carbonyl (C=O) groups is 1. The van der Waals surface area contributed by atoms with Gasteiger partial charge in [-0.05, 0) is 49.9 Å². The Morgan fingerprint density at radius 3 is 2.88 bits per heavy atom. The summed E-state index contributed by atoms with van der Waals surface area (Å²) >= 11 is 0. The number of ketones is 1. The number of fused-ring (bicyclic) bond motifs is 1. The topological polar surface area (TPSA) is 29.1 Å². The molecule has 0 unspecified atom stereocenters. The Morgan fingerprint density at radius 2 is 2.19 bits per heavy atom. The van der Waals surface area contributed by atoms with Crippen molar-refractivity contribution < 1.29 is 4.79 Å². The Balaban J connectivity index is 2.29. The molecule has 0 aromatic heterocycles. The highest BCUT2D eigenvalue weighted by molar-refractivity contribution is 6.00. The van der Waals surface area contributed by atoms with E-state index in [1.54, 1.807) is 0 Å². The van der Waals surface area contributed by atoms with Gasteiger partial charge in [0.15, 0.2) is 5.78 Å². The van der Waals surface area contributed by atoms with E-state index in [1.165, 1.54) is 5.56 Å². The number of hydrogen-bond donors (Lipinski definition) is 1. The van der Waals surface area contributed by atoms with Crippen molar-refractivity contribution in [3.63, 3.8) is 0 Å². The van der Waals surface area contributed by atoms with E-state index in [-0.39, 0.29) is 5.92 Å². The van der Waals surface area contributed by atoms with Crippen LogP contribution in [-0.4, -0.2) is 12.3 Å². The standard InChI is InChI=1S/C14H19NO/c1-3-10-5-6-11-9-12(15-4-2)7-8-13(11)14(10)16/h7-10,15H,3-6H2,1-2H3/t10-/m0/s1. The largest absolute Gasteiger partial charge is 0.385 e. The second-order valence-corrected chi connectivity index (χ2v) is 4.41. The van der Waals surface area contributed by atoms with E-state index in [0.29, 0.717) is 5.78 Å². The van der Waals surface area contributed by atoms with Crippen LogP contribution in [0.1, 0.15) is 42.6 Å². The zero-order valence-electron chi connectivity index (χ0n) is 10.0. The van der Waals surface area contributed by atoms with Crippen LogP contribution in [0.3, 0.4) is 0 Å². The quantitative estimate of drug-likeness (QED) is 0.841. The van der Waals surface area contributed by atoms with Crippen molar-refractivity contribution in [3.8, 4) is 0 Å². The summed E-state index contributed by atoms with van der Waals surface area (Å²) in [5.74, 6) is 0.587. The van der Waals surface area contributed by atoms with Crippen molar-refractivity contribution in [1.82, 2.24) is 0 Å². The molecule has 1 atom stereocenters. The SMILES string of the molecule is CCNc1ccc2c(c1)CC[C@H](CC)C2=O. The molecular formula is C14H19NO. The molecule has 2 heteroatoms. The molecule has 1 N–H and O–H groups in total. The lowest BCUT2D eigenvalue weighted by Gasteiger charge is -2.22. The first kappa shape index (κ1) is 11.2. The summed E-state index contributed by atoms with van der Waals surface area (Å²) in [7, 11) is 0. The number of Topliss-reactive ketones (excluding diaryl/α,β-unsaturated/α-hetero) is 1. The lowest BCUT2D eigenvalue weighted by Crippen LogP contribution is -2.22. The molecule has 0 radical (unpaired) electrons. The lowest BCUT2D eigenvalue weighted by atomic mass is 9.81. The molecule has 2 nitrogen and oxygen atoms in total. The third kappa shape index (κ3) is 1.97. The summed E-state index contributed by atoms with van der Waals surface area (Å²) in [6.45, 7) is 5.10. The molecule has 16 heavy (non-hydrogen) atoms. The van der Waals surface area contributed by atoms with Crippen LogP contribution in [0.2, 0.25) is 0 Å². The minimum atomic E-state index is 0.248. The highest BCUT2D eigenvalue weighted by Gasteiger charge is 2.25. The Bertz CT molecular complexity index is 398. The Kier molecular flexibility index (Phi) is 3.28. The molecule has 0 fully saturated rings. The number of nitrogens with one attached hydrogen (secondary N) is 1. The van der Waals surface area contributed by atoms with Crippen molar-refractivity contribution in [2.24, 2.45) is 5.92 Å². The summed E-state index contributed by atoms with van der Waals surface area (Å²) in [6.07, 6.45) is 3.02. The molecular weight excluding hydrogens is 198 g/mol. The van der Waals surface area contributed by atoms with Gasteiger partial charge in [0.1, 0.15) is 0 Å². The normalized spacial score (nSPS) is 19.4. The van der Waals surface area contributed by atoms with Crippen LogP contribution in [0.5, 0.6) is 0 Å². The summed E-state index contributed by atoms with van der Waals surface area (Å²) in [4.78, 5) is 12.1. The average Bonchev–Trinajstić information content (AvgIpc) is 2.30. The Labute approximate surface area is 97.1 Å². The number of rotatable bonds is 3. The molecule has 1 aliphatic rings. The number of anilines is 1. The minimum Gasteiger partial charge on any atom is -0.385 e. The molecule has 0 bridgehead atoms. The predicted molar refractivity (Wildman–Crippen MR) is 67.0 cm³/mol. The molecule has 0 saturated heterocycles. The monoisotopic (exact) mass is 217 g/mol. The van der Waals surface area contributed by atoms with Gasteiger partial charge in [0, 0.05) is 23.7 Å². The number of aryl methyl sites for hydroxylation is 1. The van der Waals surface area contributed by atoms with E-state index in [2.05, 4.69) is 25.2 Å². The van der Waals surface area contributed by atoms with Crippen molar-refractivity contribution in [1.29, 1.82) is 0 Å². The molecule has 0 saturated carbocycles. The first-order valence-electron chi connectivity index (χ1n) is 6.17.